The Morgan fingerprint density at radius 2 is 1.54 bits per heavy atom. The van der Waals surface area contributed by atoms with Crippen LogP contribution in [0, 0.1) is 20.8 Å². The van der Waals surface area contributed by atoms with Crippen LogP contribution in [0.3, 0.4) is 0 Å². The fourth-order valence-corrected chi connectivity index (χ4v) is 9.32. The quantitative estimate of drug-likeness (QED) is 0.0579. The lowest BCUT2D eigenvalue weighted by atomic mass is 9.99. The van der Waals surface area contributed by atoms with Crippen molar-refractivity contribution >= 4 is 75.5 Å². The molecule has 21 heteroatoms. The number of ether oxygens (including phenoxy) is 3. The molecule has 0 bridgehead atoms. The van der Waals surface area contributed by atoms with Crippen LogP contribution in [0.1, 0.15) is 92.1 Å². The Labute approximate surface area is 393 Å². The molecule has 67 heavy (non-hydrogen) atoms. The number of aromatic nitrogens is 3. The Bertz CT molecular complexity index is 2870. The van der Waals surface area contributed by atoms with Gasteiger partial charge in [-0.3, -0.25) is 48.5 Å². The number of imide groups is 2. The number of nitrogens with zero attached hydrogens (tertiary/aromatic N) is 7. The molecule has 1 saturated heterocycles. The summed E-state index contributed by atoms with van der Waals surface area (Å²) in [5.41, 5.74) is 4.45. The predicted octanol–water partition coefficient (Wildman–Crippen LogP) is 6.12. The SMILES string of the molecule is COc1cc(N=Nc2ccc3c(c2)C(=O)N(C2CCC(=O)NC2=O)C3=O)cc(OC)c1OCC(=O)NCCCCNC(=O)C[C@@H]1N=C(c2ccc(Cl)cc2)c2c(sc(C)c2C)-n2c(C)nnc21. The molecular weight excluding hydrogens is 904 g/mol. The van der Waals surface area contributed by atoms with Crippen LogP contribution in [0.15, 0.2) is 69.8 Å². The molecule has 1 fully saturated rings. The van der Waals surface area contributed by atoms with Gasteiger partial charge in [0.1, 0.15) is 22.9 Å². The van der Waals surface area contributed by atoms with E-state index in [1.54, 1.807) is 11.3 Å². The number of nitrogens with one attached hydrogen (secondary N) is 3. The van der Waals surface area contributed by atoms with E-state index in [0.717, 1.165) is 37.2 Å². The third-order valence-corrected chi connectivity index (χ3v) is 12.9. The molecule has 0 aliphatic carbocycles. The summed E-state index contributed by atoms with van der Waals surface area (Å²) in [6, 6.07) is 13.2. The number of benzene rings is 3. The highest BCUT2D eigenvalue weighted by Crippen LogP contribution is 2.42. The zero-order chi connectivity index (χ0) is 47.5. The zero-order valence-corrected chi connectivity index (χ0v) is 38.7. The fraction of sp³-hybridized carbons (Fsp3) is 0.326. The molecule has 0 saturated carbocycles. The number of hydrogen-bond acceptors (Lipinski definition) is 15. The number of amides is 6. The van der Waals surface area contributed by atoms with Gasteiger partial charge in [-0.1, -0.05) is 23.7 Å². The van der Waals surface area contributed by atoms with Crippen LogP contribution < -0.4 is 30.2 Å². The van der Waals surface area contributed by atoms with Gasteiger partial charge in [-0.25, -0.2) is 0 Å². The zero-order valence-electron chi connectivity index (χ0n) is 37.1. The average molecular weight is 949 g/mol. The summed E-state index contributed by atoms with van der Waals surface area (Å²) in [5.74, 6) is -1.18. The van der Waals surface area contributed by atoms with E-state index >= 15 is 0 Å². The minimum Gasteiger partial charge on any atom is -0.493 e. The predicted molar refractivity (Wildman–Crippen MR) is 245 cm³/mol. The first-order chi connectivity index (χ1) is 32.3. The highest BCUT2D eigenvalue weighted by atomic mass is 35.5. The third-order valence-electron chi connectivity index (χ3n) is 11.5. The molecule has 6 amide bonds. The molecule has 3 aliphatic heterocycles. The van der Waals surface area contributed by atoms with Crippen LogP contribution in [0.2, 0.25) is 5.02 Å². The molecule has 346 valence electrons. The smallest absolute Gasteiger partial charge is 0.262 e. The molecule has 3 aromatic carbocycles. The Morgan fingerprint density at radius 1 is 0.866 bits per heavy atom. The van der Waals surface area contributed by atoms with Crippen molar-refractivity contribution in [3.63, 3.8) is 0 Å². The molecule has 1 unspecified atom stereocenters. The third kappa shape index (κ3) is 9.53. The summed E-state index contributed by atoms with van der Waals surface area (Å²) in [6.07, 6.45) is 1.29. The molecule has 2 atom stereocenters. The van der Waals surface area contributed by atoms with Crippen molar-refractivity contribution in [3.8, 4) is 22.2 Å². The van der Waals surface area contributed by atoms with Crippen molar-refractivity contribution in [2.45, 2.75) is 65.0 Å². The van der Waals surface area contributed by atoms with E-state index in [2.05, 4.69) is 50.2 Å². The molecule has 5 heterocycles. The fourth-order valence-electron chi connectivity index (χ4n) is 7.98. The number of fused-ring (bicyclic) bond motifs is 4. The van der Waals surface area contributed by atoms with Crippen molar-refractivity contribution in [2.24, 2.45) is 15.2 Å². The number of hydrogen-bond donors (Lipinski definition) is 3. The number of halogens is 1. The van der Waals surface area contributed by atoms with E-state index in [0.29, 0.717) is 42.6 Å². The van der Waals surface area contributed by atoms with Crippen molar-refractivity contribution in [1.82, 2.24) is 35.6 Å². The molecule has 0 spiro atoms. The maximum absolute atomic E-state index is 13.4. The summed E-state index contributed by atoms with van der Waals surface area (Å²) in [7, 11) is 2.82. The van der Waals surface area contributed by atoms with Crippen LogP contribution in [-0.4, -0.2) is 101 Å². The van der Waals surface area contributed by atoms with Crippen molar-refractivity contribution in [2.75, 3.05) is 33.9 Å². The average Bonchev–Trinajstić information content (AvgIpc) is 3.89. The van der Waals surface area contributed by atoms with E-state index in [-0.39, 0.29) is 71.5 Å². The molecule has 5 aromatic rings. The first-order valence-electron chi connectivity index (χ1n) is 21.3. The second-order valence-corrected chi connectivity index (χ2v) is 17.5. The highest BCUT2D eigenvalue weighted by Gasteiger charge is 2.44. The maximum atomic E-state index is 13.4. The molecule has 3 N–H and O–H groups in total. The number of methoxy groups -OCH3 is 2. The summed E-state index contributed by atoms with van der Waals surface area (Å²) in [6.45, 7) is 6.41. The minimum absolute atomic E-state index is 0.00958. The maximum Gasteiger partial charge on any atom is 0.262 e. The minimum atomic E-state index is -1.09. The van der Waals surface area contributed by atoms with Gasteiger partial charge >= 0.3 is 0 Å². The second kappa shape index (κ2) is 19.6. The Hall–Kier alpha value is -7.32. The lowest BCUT2D eigenvalue weighted by Gasteiger charge is -2.27. The Morgan fingerprint density at radius 3 is 2.22 bits per heavy atom. The van der Waals surface area contributed by atoms with Gasteiger partial charge in [-0.05, 0) is 75.9 Å². The van der Waals surface area contributed by atoms with E-state index in [1.165, 1.54) is 44.6 Å². The van der Waals surface area contributed by atoms with E-state index in [9.17, 15) is 28.8 Å². The van der Waals surface area contributed by atoms with Gasteiger partial charge in [0.25, 0.3) is 17.7 Å². The molecule has 2 aromatic heterocycles. The molecular formula is C46H45ClN10O9S. The molecule has 3 aliphatic rings. The van der Waals surface area contributed by atoms with Crippen molar-refractivity contribution in [3.05, 3.63) is 104 Å². The van der Waals surface area contributed by atoms with E-state index in [1.807, 2.05) is 35.8 Å². The monoisotopic (exact) mass is 948 g/mol. The van der Waals surface area contributed by atoms with Crippen LogP contribution in [0.4, 0.5) is 11.4 Å². The van der Waals surface area contributed by atoms with Crippen LogP contribution in [0.25, 0.3) is 5.00 Å². The summed E-state index contributed by atoms with van der Waals surface area (Å²) in [5, 5.41) is 26.9. The number of piperidine rings is 1. The number of azo groups is 1. The second-order valence-electron chi connectivity index (χ2n) is 15.9. The first-order valence-corrected chi connectivity index (χ1v) is 22.5. The van der Waals surface area contributed by atoms with E-state index < -0.39 is 41.6 Å². The lowest BCUT2D eigenvalue weighted by Crippen LogP contribution is -2.54. The lowest BCUT2D eigenvalue weighted by molar-refractivity contribution is -0.136. The number of rotatable bonds is 16. The van der Waals surface area contributed by atoms with E-state index in [4.69, 9.17) is 30.8 Å². The first kappa shape index (κ1) is 46.2. The van der Waals surface area contributed by atoms with Gasteiger partial charge in [0.15, 0.2) is 23.9 Å². The largest absolute Gasteiger partial charge is 0.493 e. The number of carbonyl (C=O) groups is 6. The topological polar surface area (TPSA) is 237 Å². The van der Waals surface area contributed by atoms with Crippen molar-refractivity contribution in [1.29, 1.82) is 0 Å². The summed E-state index contributed by atoms with van der Waals surface area (Å²) < 4.78 is 18.9. The van der Waals surface area contributed by atoms with Gasteiger partial charge < -0.3 is 24.8 Å². The van der Waals surface area contributed by atoms with Gasteiger partial charge in [0.2, 0.25) is 23.5 Å². The van der Waals surface area contributed by atoms with Gasteiger partial charge in [0.05, 0.1) is 48.9 Å². The summed E-state index contributed by atoms with van der Waals surface area (Å²) >= 11 is 7.87. The number of aliphatic imine (C=N–C) groups is 1. The number of aryl methyl sites for hydroxylation is 2. The molecule has 8 rings (SSSR count). The normalized spacial score (nSPS) is 16.5. The molecule has 0 radical (unpaired) electrons. The van der Waals surface area contributed by atoms with Crippen LogP contribution >= 0.6 is 22.9 Å². The highest BCUT2D eigenvalue weighted by molar-refractivity contribution is 7.15. The van der Waals surface area contributed by atoms with Gasteiger partial charge in [-0.15, -0.1) is 21.5 Å². The van der Waals surface area contributed by atoms with Crippen molar-refractivity contribution < 1.29 is 43.0 Å². The number of carbonyl (C=O) groups excluding carboxylic acids is 6. The number of thiophene rings is 1. The standard InChI is InChI=1S/C46H45ClN10O9S/c1-23-24(2)67-46-39(23)40(26-8-10-27(47)11-9-26)50-32(42-55-52-25(3)56(42)46)21-37(59)48-16-6-7-17-49-38(60)22-66-41-34(64-4)19-29(20-35(41)65-5)54-53-28-12-13-30-31(18-28)45(63)57(44(30)62)33-14-15-36(58)51-43(33)61/h8-13,18-20,32-33H,6-7,14-17,21-22H2,1-5H3,(H,48,59)(H,49,60)(H,51,58,61)/t32-,33?/m0/s1. The van der Waals surface area contributed by atoms with Gasteiger partial charge in [0, 0.05) is 52.7 Å². The van der Waals surface area contributed by atoms with Gasteiger partial charge in [-0.2, -0.15) is 10.2 Å². The Kier molecular flexibility index (Phi) is 13.6. The number of unbranched alkanes of at least 4 members (excludes halogenated alkanes) is 1. The summed E-state index contributed by atoms with van der Waals surface area (Å²) in [4.78, 5) is 83.7. The van der Waals surface area contributed by atoms with Crippen LogP contribution in [-0.2, 0) is 19.2 Å². The Balaban J connectivity index is 0.822. The van der Waals surface area contributed by atoms with Crippen LogP contribution in [0.5, 0.6) is 17.2 Å². The molecule has 19 nitrogen and oxygen atoms in total.